The summed E-state index contributed by atoms with van der Waals surface area (Å²) in [4.78, 5) is 23.6. The number of hydrogen-bond donors (Lipinski definition) is 2. The molecule has 1 aromatic carbocycles. The highest BCUT2D eigenvalue weighted by Gasteiger charge is 2.13. The predicted octanol–water partition coefficient (Wildman–Crippen LogP) is 4.26. The maximum Gasteiger partial charge on any atom is 0.274 e. The maximum atomic E-state index is 12.7. The van der Waals surface area contributed by atoms with Crippen LogP contribution >= 0.6 is 0 Å². The quantitative estimate of drug-likeness (QED) is 0.727. The summed E-state index contributed by atoms with van der Waals surface area (Å²) in [5.74, 6) is 1.51. The van der Waals surface area contributed by atoms with E-state index in [1.165, 1.54) is 0 Å². The molecule has 1 amide bonds. The average Bonchev–Trinajstić information content (AvgIpc) is 2.62. The lowest BCUT2D eigenvalue weighted by molar-refractivity contribution is 0.102. The van der Waals surface area contributed by atoms with Crippen LogP contribution in [0.15, 0.2) is 24.3 Å². The lowest BCUT2D eigenvalue weighted by Crippen LogP contribution is -2.22. The molecule has 0 aliphatic rings. The monoisotopic (exact) mass is 369 g/mol. The normalized spacial score (nSPS) is 10.8. The van der Waals surface area contributed by atoms with E-state index in [2.05, 4.69) is 59.3 Å². The van der Waals surface area contributed by atoms with Gasteiger partial charge in [0.15, 0.2) is 0 Å². The van der Waals surface area contributed by atoms with Crippen molar-refractivity contribution in [3.63, 3.8) is 0 Å². The first-order valence-electron chi connectivity index (χ1n) is 9.60. The van der Waals surface area contributed by atoms with Crippen LogP contribution in [0.4, 0.5) is 17.2 Å². The van der Waals surface area contributed by atoms with E-state index in [4.69, 9.17) is 0 Å². The minimum absolute atomic E-state index is 0.230. The first kappa shape index (κ1) is 20.7. The molecule has 2 rings (SSSR count). The average molecular weight is 370 g/mol. The van der Waals surface area contributed by atoms with Gasteiger partial charge < -0.3 is 15.5 Å². The molecule has 1 heterocycles. The van der Waals surface area contributed by atoms with Crippen molar-refractivity contribution < 1.29 is 4.79 Å². The Labute approximate surface area is 162 Å². The predicted molar refractivity (Wildman–Crippen MR) is 113 cm³/mol. The summed E-state index contributed by atoms with van der Waals surface area (Å²) >= 11 is 0. The van der Waals surface area contributed by atoms with Crippen molar-refractivity contribution in [1.82, 2.24) is 9.97 Å². The van der Waals surface area contributed by atoms with E-state index in [-0.39, 0.29) is 5.91 Å². The van der Waals surface area contributed by atoms with Crippen molar-refractivity contribution in [2.24, 2.45) is 5.92 Å². The standard InChI is InChI=1S/C21H31N5O/c1-7-26(8-2)17-9-10-18(15(5)11-17)25-21(27)19-12-20(22-13-14(3)4)24-16(6)23-19/h9-12,14H,7-8,13H2,1-6H3,(H,25,27)(H,22,23,24). The molecule has 0 atom stereocenters. The molecule has 0 saturated carbocycles. The van der Waals surface area contributed by atoms with Crippen LogP contribution in [-0.4, -0.2) is 35.5 Å². The van der Waals surface area contributed by atoms with Gasteiger partial charge in [-0.1, -0.05) is 13.8 Å². The summed E-state index contributed by atoms with van der Waals surface area (Å²) in [7, 11) is 0. The summed E-state index contributed by atoms with van der Waals surface area (Å²) in [6.07, 6.45) is 0. The summed E-state index contributed by atoms with van der Waals surface area (Å²) in [6.45, 7) is 15.0. The fourth-order valence-electron chi connectivity index (χ4n) is 2.84. The number of hydrogen-bond acceptors (Lipinski definition) is 5. The van der Waals surface area contributed by atoms with Gasteiger partial charge in [0, 0.05) is 37.1 Å². The van der Waals surface area contributed by atoms with Crippen molar-refractivity contribution in [1.29, 1.82) is 0 Å². The molecule has 0 aliphatic carbocycles. The van der Waals surface area contributed by atoms with Gasteiger partial charge in [-0.25, -0.2) is 9.97 Å². The zero-order chi connectivity index (χ0) is 20.0. The van der Waals surface area contributed by atoms with Gasteiger partial charge in [-0.05, 0) is 57.4 Å². The van der Waals surface area contributed by atoms with Crippen LogP contribution in [0.5, 0.6) is 0 Å². The number of carbonyl (C=O) groups is 1. The Hall–Kier alpha value is -2.63. The minimum Gasteiger partial charge on any atom is -0.372 e. The third kappa shape index (κ3) is 5.67. The number of carbonyl (C=O) groups excluding carboxylic acids is 1. The van der Waals surface area contributed by atoms with Gasteiger partial charge in [0.25, 0.3) is 5.91 Å². The van der Waals surface area contributed by atoms with Gasteiger partial charge >= 0.3 is 0 Å². The topological polar surface area (TPSA) is 70.2 Å². The fraction of sp³-hybridized carbons (Fsp3) is 0.476. The molecule has 2 N–H and O–H groups in total. The van der Waals surface area contributed by atoms with Gasteiger partial charge in [-0.3, -0.25) is 4.79 Å². The van der Waals surface area contributed by atoms with Crippen LogP contribution in [0.2, 0.25) is 0 Å². The van der Waals surface area contributed by atoms with Crippen LogP contribution < -0.4 is 15.5 Å². The van der Waals surface area contributed by atoms with Crippen molar-refractivity contribution in [2.75, 3.05) is 35.2 Å². The molecule has 0 unspecified atom stereocenters. The number of aromatic nitrogens is 2. The lowest BCUT2D eigenvalue weighted by atomic mass is 10.1. The Morgan fingerprint density at radius 1 is 1.11 bits per heavy atom. The van der Waals surface area contributed by atoms with Crippen LogP contribution in [0, 0.1) is 19.8 Å². The van der Waals surface area contributed by atoms with E-state index in [0.29, 0.717) is 23.3 Å². The second-order valence-corrected chi connectivity index (χ2v) is 7.09. The SMILES string of the molecule is CCN(CC)c1ccc(NC(=O)c2cc(NCC(C)C)nc(C)n2)c(C)c1. The molecular weight excluding hydrogens is 338 g/mol. The molecular formula is C21H31N5O. The zero-order valence-electron chi connectivity index (χ0n) is 17.3. The smallest absolute Gasteiger partial charge is 0.274 e. The Kier molecular flexibility index (Phi) is 7.16. The second-order valence-electron chi connectivity index (χ2n) is 7.09. The molecule has 146 valence electrons. The second kappa shape index (κ2) is 9.35. The van der Waals surface area contributed by atoms with Gasteiger partial charge in [0.05, 0.1) is 0 Å². The molecule has 0 saturated heterocycles. The summed E-state index contributed by atoms with van der Waals surface area (Å²) in [5.41, 5.74) is 3.34. The number of amides is 1. The van der Waals surface area contributed by atoms with Crippen LogP contribution in [0.25, 0.3) is 0 Å². The molecule has 0 fully saturated rings. The van der Waals surface area contributed by atoms with Gasteiger partial charge in [-0.2, -0.15) is 0 Å². The van der Waals surface area contributed by atoms with Crippen molar-refractivity contribution in [3.05, 3.63) is 41.3 Å². The molecule has 0 spiro atoms. The molecule has 0 radical (unpaired) electrons. The van der Waals surface area contributed by atoms with E-state index >= 15 is 0 Å². The Balaban J connectivity index is 2.17. The maximum absolute atomic E-state index is 12.7. The number of rotatable bonds is 8. The Morgan fingerprint density at radius 3 is 2.41 bits per heavy atom. The van der Waals surface area contributed by atoms with Crippen molar-refractivity contribution >= 4 is 23.1 Å². The van der Waals surface area contributed by atoms with Crippen LogP contribution in [0.3, 0.4) is 0 Å². The third-order valence-electron chi connectivity index (χ3n) is 4.35. The number of anilines is 3. The fourth-order valence-corrected chi connectivity index (χ4v) is 2.84. The van der Waals surface area contributed by atoms with E-state index in [1.807, 2.05) is 19.1 Å². The van der Waals surface area contributed by atoms with E-state index in [0.717, 1.165) is 36.6 Å². The Bertz CT molecular complexity index is 784. The Morgan fingerprint density at radius 2 is 1.81 bits per heavy atom. The van der Waals surface area contributed by atoms with Crippen LogP contribution in [0.1, 0.15) is 49.6 Å². The van der Waals surface area contributed by atoms with E-state index < -0.39 is 0 Å². The first-order valence-corrected chi connectivity index (χ1v) is 9.60. The number of nitrogens with one attached hydrogen (secondary N) is 2. The first-order chi connectivity index (χ1) is 12.8. The van der Waals surface area contributed by atoms with Crippen LogP contribution in [-0.2, 0) is 0 Å². The number of nitrogens with zero attached hydrogens (tertiary/aromatic N) is 3. The molecule has 6 heteroatoms. The number of aryl methyl sites for hydroxylation is 2. The van der Waals surface area contributed by atoms with Gasteiger partial charge in [0.1, 0.15) is 17.3 Å². The summed E-state index contributed by atoms with van der Waals surface area (Å²) < 4.78 is 0. The summed E-state index contributed by atoms with van der Waals surface area (Å²) in [6, 6.07) is 7.79. The van der Waals surface area contributed by atoms with E-state index in [1.54, 1.807) is 13.0 Å². The molecule has 1 aromatic heterocycles. The highest BCUT2D eigenvalue weighted by Crippen LogP contribution is 2.23. The molecule has 27 heavy (non-hydrogen) atoms. The molecule has 0 aliphatic heterocycles. The largest absolute Gasteiger partial charge is 0.372 e. The van der Waals surface area contributed by atoms with E-state index in [9.17, 15) is 4.79 Å². The summed E-state index contributed by atoms with van der Waals surface area (Å²) in [5, 5.41) is 6.22. The molecule has 0 bridgehead atoms. The number of benzene rings is 1. The van der Waals surface area contributed by atoms with Crippen molar-refractivity contribution in [3.8, 4) is 0 Å². The highest BCUT2D eigenvalue weighted by atomic mass is 16.1. The third-order valence-corrected chi connectivity index (χ3v) is 4.35. The molecule has 6 nitrogen and oxygen atoms in total. The molecule has 2 aromatic rings. The minimum atomic E-state index is -0.230. The van der Waals surface area contributed by atoms with Crippen molar-refractivity contribution in [2.45, 2.75) is 41.5 Å². The highest BCUT2D eigenvalue weighted by molar-refractivity contribution is 6.03. The van der Waals surface area contributed by atoms with Gasteiger partial charge in [-0.15, -0.1) is 0 Å². The zero-order valence-corrected chi connectivity index (χ0v) is 17.3. The lowest BCUT2D eigenvalue weighted by Gasteiger charge is -2.22. The van der Waals surface area contributed by atoms with Gasteiger partial charge in [0.2, 0.25) is 0 Å².